The highest BCUT2D eigenvalue weighted by atomic mass is 16.6. The van der Waals surface area contributed by atoms with E-state index in [9.17, 15) is 9.59 Å². The SMILES string of the molecule is CC=CC1(C=CC)CC(=O)OC(=O)C1(C=CC)C=CC. The summed E-state index contributed by atoms with van der Waals surface area (Å²) >= 11 is 0. The van der Waals surface area contributed by atoms with Crippen molar-refractivity contribution < 1.29 is 14.3 Å². The summed E-state index contributed by atoms with van der Waals surface area (Å²) < 4.78 is 4.91. The van der Waals surface area contributed by atoms with Gasteiger partial charge in [0, 0.05) is 5.41 Å². The number of carbonyl (C=O) groups excluding carboxylic acids is 2. The van der Waals surface area contributed by atoms with E-state index in [4.69, 9.17) is 4.74 Å². The molecule has 0 aliphatic carbocycles. The van der Waals surface area contributed by atoms with E-state index in [1.807, 2.05) is 76.3 Å². The zero-order valence-corrected chi connectivity index (χ0v) is 12.6. The fraction of sp³-hybridized carbons (Fsp3) is 0.412. The standard InChI is InChI=1S/C17H22O3/c1-5-9-16(10-6-2)13-14(18)20-15(19)17(16,11-7-3)12-8-4/h5-12H,13H2,1-4H3. The van der Waals surface area contributed by atoms with E-state index < -0.39 is 22.8 Å². The molecule has 108 valence electrons. The van der Waals surface area contributed by atoms with Crippen molar-refractivity contribution in [1.82, 2.24) is 0 Å². The maximum Gasteiger partial charge on any atom is 0.328 e. The van der Waals surface area contributed by atoms with Gasteiger partial charge in [-0.05, 0) is 27.7 Å². The highest BCUT2D eigenvalue weighted by Crippen LogP contribution is 2.51. The van der Waals surface area contributed by atoms with Crippen LogP contribution in [0.25, 0.3) is 0 Å². The average Bonchev–Trinajstić information content (AvgIpc) is 2.37. The van der Waals surface area contributed by atoms with E-state index in [1.54, 1.807) is 0 Å². The summed E-state index contributed by atoms with van der Waals surface area (Å²) in [5.41, 5.74) is -1.70. The van der Waals surface area contributed by atoms with Gasteiger partial charge in [-0.25, -0.2) is 0 Å². The third kappa shape index (κ3) is 2.53. The molecule has 0 aromatic carbocycles. The largest absolute Gasteiger partial charge is 0.392 e. The van der Waals surface area contributed by atoms with Crippen molar-refractivity contribution in [2.24, 2.45) is 10.8 Å². The Labute approximate surface area is 120 Å². The van der Waals surface area contributed by atoms with Crippen molar-refractivity contribution in [2.45, 2.75) is 34.1 Å². The smallest absolute Gasteiger partial charge is 0.328 e. The van der Waals surface area contributed by atoms with Gasteiger partial charge in [-0.3, -0.25) is 9.59 Å². The van der Waals surface area contributed by atoms with Crippen molar-refractivity contribution in [1.29, 1.82) is 0 Å². The summed E-state index contributed by atoms with van der Waals surface area (Å²) in [6, 6.07) is 0. The van der Waals surface area contributed by atoms with Gasteiger partial charge >= 0.3 is 11.9 Å². The first-order valence-electron chi connectivity index (χ1n) is 6.82. The lowest BCUT2D eigenvalue weighted by atomic mass is 9.59. The molecule has 0 aromatic heterocycles. The van der Waals surface area contributed by atoms with Crippen LogP contribution in [0.3, 0.4) is 0 Å². The van der Waals surface area contributed by atoms with E-state index in [0.29, 0.717) is 0 Å². The molecule has 0 saturated carbocycles. The first-order valence-corrected chi connectivity index (χ1v) is 6.82. The summed E-state index contributed by atoms with van der Waals surface area (Å²) in [6.45, 7) is 7.47. The third-order valence-electron chi connectivity index (χ3n) is 3.54. The normalized spacial score (nSPS) is 32.0. The van der Waals surface area contributed by atoms with E-state index >= 15 is 0 Å². The van der Waals surface area contributed by atoms with E-state index in [0.717, 1.165) is 0 Å². The monoisotopic (exact) mass is 274 g/mol. The summed E-state index contributed by atoms with van der Waals surface area (Å²) in [4.78, 5) is 24.2. The second kappa shape index (κ2) is 6.51. The molecule has 20 heavy (non-hydrogen) atoms. The van der Waals surface area contributed by atoms with E-state index in [2.05, 4.69) is 0 Å². The second-order valence-corrected chi connectivity index (χ2v) is 4.85. The fourth-order valence-corrected chi connectivity index (χ4v) is 2.87. The number of allylic oxidation sites excluding steroid dienone is 6. The Bertz CT molecular complexity index is 468. The Hall–Kier alpha value is -1.90. The predicted molar refractivity (Wildman–Crippen MR) is 79.8 cm³/mol. The number of hydrogen-bond donors (Lipinski definition) is 0. The summed E-state index contributed by atoms with van der Waals surface area (Å²) in [6.07, 6.45) is 14.9. The molecule has 0 amide bonds. The molecule has 0 atom stereocenters. The van der Waals surface area contributed by atoms with Crippen molar-refractivity contribution in [3.8, 4) is 0 Å². The van der Waals surface area contributed by atoms with Crippen LogP contribution in [-0.4, -0.2) is 11.9 Å². The molecule has 1 aliphatic heterocycles. The number of ether oxygens (including phenoxy) is 1. The highest BCUT2D eigenvalue weighted by Gasteiger charge is 2.56. The van der Waals surface area contributed by atoms with Crippen LogP contribution in [-0.2, 0) is 14.3 Å². The van der Waals surface area contributed by atoms with Gasteiger partial charge in [0.05, 0.1) is 6.42 Å². The molecule has 1 rings (SSSR count). The molecule has 0 N–H and O–H groups in total. The van der Waals surface area contributed by atoms with Crippen LogP contribution in [0.1, 0.15) is 34.1 Å². The van der Waals surface area contributed by atoms with Crippen molar-refractivity contribution in [3.63, 3.8) is 0 Å². The van der Waals surface area contributed by atoms with Crippen molar-refractivity contribution in [3.05, 3.63) is 48.6 Å². The maximum absolute atomic E-state index is 12.5. The molecule has 3 nitrogen and oxygen atoms in total. The molecule has 1 fully saturated rings. The van der Waals surface area contributed by atoms with Gasteiger partial charge in [0.2, 0.25) is 0 Å². The highest BCUT2D eigenvalue weighted by molar-refractivity contribution is 5.96. The number of hydrogen-bond acceptors (Lipinski definition) is 3. The van der Waals surface area contributed by atoms with Gasteiger partial charge < -0.3 is 4.74 Å². The summed E-state index contributed by atoms with van der Waals surface area (Å²) in [7, 11) is 0. The molecule has 1 heterocycles. The Balaban J connectivity index is 3.66. The molecular weight excluding hydrogens is 252 g/mol. The third-order valence-corrected chi connectivity index (χ3v) is 3.54. The molecule has 1 aliphatic rings. The fourth-order valence-electron chi connectivity index (χ4n) is 2.87. The van der Waals surface area contributed by atoms with Crippen LogP contribution >= 0.6 is 0 Å². The summed E-state index contributed by atoms with van der Waals surface area (Å²) in [5, 5.41) is 0. The molecule has 0 unspecified atom stereocenters. The molecule has 0 bridgehead atoms. The quantitative estimate of drug-likeness (QED) is 0.445. The number of carbonyl (C=O) groups is 2. The van der Waals surface area contributed by atoms with Gasteiger partial charge in [-0.15, -0.1) is 0 Å². The van der Waals surface area contributed by atoms with Crippen molar-refractivity contribution >= 4 is 11.9 Å². The maximum atomic E-state index is 12.5. The van der Waals surface area contributed by atoms with Crippen LogP contribution in [0.5, 0.6) is 0 Å². The zero-order chi connectivity index (χ0) is 15.2. The Kier molecular flexibility index (Phi) is 5.26. The lowest BCUT2D eigenvalue weighted by Gasteiger charge is -2.44. The van der Waals surface area contributed by atoms with Gasteiger partial charge in [0.15, 0.2) is 0 Å². The number of esters is 2. The minimum Gasteiger partial charge on any atom is -0.392 e. The van der Waals surface area contributed by atoms with Gasteiger partial charge in [-0.2, -0.15) is 0 Å². The first kappa shape index (κ1) is 16.2. The minimum absolute atomic E-state index is 0.141. The molecule has 1 saturated heterocycles. The predicted octanol–water partition coefficient (Wildman–Crippen LogP) is 3.74. The molecule has 0 radical (unpaired) electrons. The van der Waals surface area contributed by atoms with Crippen molar-refractivity contribution in [2.75, 3.05) is 0 Å². The lowest BCUT2D eigenvalue weighted by Crippen LogP contribution is -2.50. The second-order valence-electron chi connectivity index (χ2n) is 4.85. The number of rotatable bonds is 4. The number of cyclic esters (lactones) is 2. The molecule has 0 aromatic rings. The van der Waals surface area contributed by atoms with Crippen LogP contribution in [0.15, 0.2) is 48.6 Å². The topological polar surface area (TPSA) is 43.4 Å². The van der Waals surface area contributed by atoms with E-state index in [1.165, 1.54) is 0 Å². The molecule has 0 spiro atoms. The lowest BCUT2D eigenvalue weighted by molar-refractivity contribution is -0.174. The van der Waals surface area contributed by atoms with Gasteiger partial charge in [-0.1, -0.05) is 48.6 Å². The Morgan fingerprint density at radius 3 is 1.70 bits per heavy atom. The van der Waals surface area contributed by atoms with E-state index in [-0.39, 0.29) is 6.42 Å². The average molecular weight is 274 g/mol. The Morgan fingerprint density at radius 1 is 0.850 bits per heavy atom. The minimum atomic E-state index is -0.983. The first-order chi connectivity index (χ1) is 9.51. The Morgan fingerprint density at radius 2 is 1.30 bits per heavy atom. The van der Waals surface area contributed by atoms with Crippen LogP contribution in [0, 0.1) is 10.8 Å². The zero-order valence-electron chi connectivity index (χ0n) is 12.6. The van der Waals surface area contributed by atoms with Gasteiger partial charge in [0.25, 0.3) is 0 Å². The van der Waals surface area contributed by atoms with Gasteiger partial charge in [0.1, 0.15) is 5.41 Å². The molecular formula is C17H22O3. The molecule has 3 heteroatoms. The van der Waals surface area contributed by atoms with Crippen LogP contribution in [0.2, 0.25) is 0 Å². The van der Waals surface area contributed by atoms with Crippen LogP contribution in [0.4, 0.5) is 0 Å². The summed E-state index contributed by atoms with van der Waals surface area (Å²) in [5.74, 6) is -1.02. The van der Waals surface area contributed by atoms with Crippen LogP contribution < -0.4 is 0 Å².